The van der Waals surface area contributed by atoms with Gasteiger partial charge in [0.05, 0.1) is 5.92 Å². The van der Waals surface area contributed by atoms with Gasteiger partial charge in [-0.3, -0.25) is 9.00 Å². The zero-order chi connectivity index (χ0) is 13.4. The second kappa shape index (κ2) is 8.00. The number of rotatable bonds is 8. The molecule has 0 bridgehead atoms. The van der Waals surface area contributed by atoms with Crippen molar-refractivity contribution >= 4 is 16.8 Å². The summed E-state index contributed by atoms with van der Waals surface area (Å²) in [6.45, 7) is 0.550. The quantitative estimate of drug-likeness (QED) is 0.729. The van der Waals surface area contributed by atoms with Crippen LogP contribution in [0.25, 0.3) is 0 Å². The molecular formula is C13H18O4S. The number of hydrogen-bond acceptors (Lipinski definition) is 3. The van der Waals surface area contributed by atoms with Crippen molar-refractivity contribution < 1.29 is 18.8 Å². The Morgan fingerprint density at radius 1 is 1.39 bits per heavy atom. The van der Waals surface area contributed by atoms with Crippen LogP contribution in [0.2, 0.25) is 0 Å². The number of methoxy groups -OCH3 is 1. The van der Waals surface area contributed by atoms with Crippen LogP contribution in [0.5, 0.6) is 0 Å². The van der Waals surface area contributed by atoms with Crippen molar-refractivity contribution in [3.8, 4) is 0 Å². The highest BCUT2D eigenvalue weighted by Gasteiger charge is 2.22. The molecule has 0 aliphatic rings. The lowest BCUT2D eigenvalue weighted by atomic mass is 10.0. The first-order valence-corrected chi connectivity index (χ1v) is 7.25. The van der Waals surface area contributed by atoms with Gasteiger partial charge < -0.3 is 9.84 Å². The van der Waals surface area contributed by atoms with E-state index in [1.807, 2.05) is 6.07 Å². The number of carbonyl (C=O) groups is 1. The van der Waals surface area contributed by atoms with Crippen molar-refractivity contribution in [2.24, 2.45) is 0 Å². The van der Waals surface area contributed by atoms with Gasteiger partial charge in [0.25, 0.3) is 0 Å². The summed E-state index contributed by atoms with van der Waals surface area (Å²) in [7, 11) is 0.457. The molecule has 1 aromatic carbocycles. The Morgan fingerprint density at radius 3 is 2.61 bits per heavy atom. The van der Waals surface area contributed by atoms with E-state index in [1.165, 1.54) is 0 Å². The second-order valence-corrected chi connectivity index (χ2v) is 5.58. The summed E-state index contributed by atoms with van der Waals surface area (Å²) in [6.07, 6.45) is 0.685. The van der Waals surface area contributed by atoms with Crippen molar-refractivity contribution in [1.29, 1.82) is 0 Å². The minimum Gasteiger partial charge on any atom is -0.481 e. The SMILES string of the molecule is COCCCS(=O)CC(C(=O)O)c1ccccc1. The average molecular weight is 270 g/mol. The number of benzene rings is 1. The lowest BCUT2D eigenvalue weighted by molar-refractivity contribution is -0.138. The Hall–Kier alpha value is -1.20. The van der Waals surface area contributed by atoms with Gasteiger partial charge in [0.1, 0.15) is 0 Å². The Morgan fingerprint density at radius 2 is 2.06 bits per heavy atom. The van der Waals surface area contributed by atoms with Crippen LogP contribution in [0, 0.1) is 0 Å². The third-order valence-corrected chi connectivity index (χ3v) is 4.02. The molecule has 0 saturated carbocycles. The van der Waals surface area contributed by atoms with Crippen LogP contribution in [0.1, 0.15) is 17.9 Å². The van der Waals surface area contributed by atoms with E-state index in [9.17, 15) is 14.1 Å². The van der Waals surface area contributed by atoms with Gasteiger partial charge in [0.2, 0.25) is 0 Å². The molecule has 0 aromatic heterocycles. The molecule has 5 heteroatoms. The molecule has 2 atom stereocenters. The van der Waals surface area contributed by atoms with E-state index in [2.05, 4.69) is 0 Å². The molecule has 0 fully saturated rings. The average Bonchev–Trinajstić information content (AvgIpc) is 2.37. The first kappa shape index (κ1) is 14.9. The molecule has 1 aromatic rings. The van der Waals surface area contributed by atoms with Crippen LogP contribution in [-0.2, 0) is 20.3 Å². The van der Waals surface area contributed by atoms with Crippen molar-refractivity contribution in [3.05, 3.63) is 35.9 Å². The third kappa shape index (κ3) is 4.98. The topological polar surface area (TPSA) is 63.6 Å². The number of aliphatic carboxylic acids is 1. The molecule has 4 nitrogen and oxygen atoms in total. The van der Waals surface area contributed by atoms with Crippen LogP contribution in [0.15, 0.2) is 30.3 Å². The molecule has 0 aliphatic heterocycles. The van der Waals surface area contributed by atoms with Crippen molar-refractivity contribution in [3.63, 3.8) is 0 Å². The maximum Gasteiger partial charge on any atom is 0.311 e. The van der Waals surface area contributed by atoms with Gasteiger partial charge in [-0.05, 0) is 12.0 Å². The van der Waals surface area contributed by atoms with Gasteiger partial charge in [0.15, 0.2) is 0 Å². The molecule has 18 heavy (non-hydrogen) atoms. The van der Waals surface area contributed by atoms with Gasteiger partial charge in [-0.25, -0.2) is 0 Å². The minimum atomic E-state index is -1.13. The van der Waals surface area contributed by atoms with Crippen molar-refractivity contribution in [2.75, 3.05) is 25.2 Å². The monoisotopic (exact) mass is 270 g/mol. The fourth-order valence-electron chi connectivity index (χ4n) is 1.63. The molecule has 1 N–H and O–H groups in total. The highest BCUT2D eigenvalue weighted by atomic mass is 32.2. The van der Waals surface area contributed by atoms with Gasteiger partial charge >= 0.3 is 5.97 Å². The molecule has 0 heterocycles. The second-order valence-electron chi connectivity index (χ2n) is 3.96. The fraction of sp³-hybridized carbons (Fsp3) is 0.462. The minimum absolute atomic E-state index is 0.156. The fourth-order valence-corrected chi connectivity index (χ4v) is 2.94. The van der Waals surface area contributed by atoms with Crippen molar-refractivity contribution in [2.45, 2.75) is 12.3 Å². The summed E-state index contributed by atoms with van der Waals surface area (Å²) in [6, 6.07) is 8.92. The lowest BCUT2D eigenvalue weighted by Crippen LogP contribution is -2.20. The standard InChI is InChI=1S/C13H18O4S/c1-17-8-5-9-18(16)10-12(13(14)15)11-6-3-2-4-7-11/h2-4,6-7,12H,5,8-10H2,1H3,(H,14,15). The van der Waals surface area contributed by atoms with Gasteiger partial charge in [-0.2, -0.15) is 0 Å². The summed E-state index contributed by atoms with van der Waals surface area (Å²) >= 11 is 0. The maximum absolute atomic E-state index is 11.8. The summed E-state index contributed by atoms with van der Waals surface area (Å²) in [5.41, 5.74) is 0.699. The first-order chi connectivity index (χ1) is 8.65. The van der Waals surface area contributed by atoms with E-state index in [1.54, 1.807) is 31.4 Å². The summed E-state index contributed by atoms with van der Waals surface area (Å²) < 4.78 is 16.7. The summed E-state index contributed by atoms with van der Waals surface area (Å²) in [5, 5.41) is 9.19. The van der Waals surface area contributed by atoms with Gasteiger partial charge in [-0.1, -0.05) is 30.3 Å². The van der Waals surface area contributed by atoms with Crippen molar-refractivity contribution in [1.82, 2.24) is 0 Å². The number of ether oxygens (including phenoxy) is 1. The number of carboxylic acids is 1. The zero-order valence-electron chi connectivity index (χ0n) is 10.4. The van der Waals surface area contributed by atoms with Crippen LogP contribution in [0.3, 0.4) is 0 Å². The van der Waals surface area contributed by atoms with E-state index in [-0.39, 0.29) is 5.75 Å². The maximum atomic E-state index is 11.8. The molecule has 2 unspecified atom stereocenters. The zero-order valence-corrected chi connectivity index (χ0v) is 11.2. The molecule has 100 valence electrons. The molecule has 0 spiro atoms. The van der Waals surface area contributed by atoms with Gasteiger partial charge in [0, 0.05) is 36.0 Å². The van der Waals surface area contributed by atoms with E-state index in [0.29, 0.717) is 24.3 Å². The molecule has 0 amide bonds. The Labute approximate surface area is 109 Å². The van der Waals surface area contributed by atoms with E-state index in [4.69, 9.17) is 4.74 Å². The highest BCUT2D eigenvalue weighted by Crippen LogP contribution is 2.17. The molecule has 0 radical (unpaired) electrons. The van der Waals surface area contributed by atoms with Gasteiger partial charge in [-0.15, -0.1) is 0 Å². The molecule has 1 rings (SSSR count). The molecular weight excluding hydrogens is 252 g/mol. The van der Waals surface area contributed by atoms with Crippen LogP contribution < -0.4 is 0 Å². The Kier molecular flexibility index (Phi) is 6.60. The third-order valence-electron chi connectivity index (χ3n) is 2.57. The first-order valence-electron chi connectivity index (χ1n) is 5.76. The number of hydrogen-bond donors (Lipinski definition) is 1. The van der Waals surface area contributed by atoms with Crippen LogP contribution in [-0.4, -0.2) is 40.5 Å². The van der Waals surface area contributed by atoms with E-state index >= 15 is 0 Å². The molecule has 0 aliphatic carbocycles. The predicted molar refractivity (Wildman–Crippen MR) is 71.2 cm³/mol. The Balaban J connectivity index is 2.59. The lowest BCUT2D eigenvalue weighted by Gasteiger charge is -2.12. The summed E-state index contributed by atoms with van der Waals surface area (Å²) in [5.74, 6) is -0.996. The predicted octanol–water partition coefficient (Wildman–Crippen LogP) is 1.64. The highest BCUT2D eigenvalue weighted by molar-refractivity contribution is 7.85. The normalized spacial score (nSPS) is 14.1. The Bertz CT molecular complexity index is 391. The van der Waals surface area contributed by atoms with Crippen LogP contribution >= 0.6 is 0 Å². The van der Waals surface area contributed by atoms with E-state index < -0.39 is 22.7 Å². The van der Waals surface area contributed by atoms with E-state index in [0.717, 1.165) is 0 Å². The molecule has 0 saturated heterocycles. The van der Waals surface area contributed by atoms with Crippen LogP contribution in [0.4, 0.5) is 0 Å². The smallest absolute Gasteiger partial charge is 0.311 e. The largest absolute Gasteiger partial charge is 0.481 e. The number of carboxylic acid groups (broad SMARTS) is 1. The summed E-state index contributed by atoms with van der Waals surface area (Å²) in [4.78, 5) is 11.2.